The summed E-state index contributed by atoms with van der Waals surface area (Å²) in [6, 6.07) is 17.7. The molecule has 9 heteroatoms. The van der Waals surface area contributed by atoms with Gasteiger partial charge in [0.2, 0.25) is 0 Å². The van der Waals surface area contributed by atoms with Gasteiger partial charge in [0, 0.05) is 6.20 Å². The number of ketones is 1. The Labute approximate surface area is 205 Å². The molecule has 8 nitrogen and oxygen atoms in total. The van der Waals surface area contributed by atoms with Crippen molar-refractivity contribution in [2.45, 2.75) is 26.4 Å². The number of aromatic nitrogens is 1. The number of amides is 2. The SMILES string of the molecule is CC(C)(C)OC(=O)C(=O)c1sc2nccc3c2c1NC(=O)N3c1ccc(Oc2ccccc2)cc1. The number of thiophene rings is 1. The van der Waals surface area contributed by atoms with E-state index in [1.807, 2.05) is 30.3 Å². The molecule has 0 unspecified atom stereocenters. The molecule has 1 N–H and O–H groups in total. The topological polar surface area (TPSA) is 97.8 Å². The molecule has 0 radical (unpaired) electrons. The van der Waals surface area contributed by atoms with E-state index in [1.54, 1.807) is 57.3 Å². The molecule has 0 atom stereocenters. The molecule has 0 saturated carbocycles. The number of carbonyl (C=O) groups is 3. The smallest absolute Gasteiger partial charge is 0.381 e. The third kappa shape index (κ3) is 4.33. The van der Waals surface area contributed by atoms with Crippen molar-refractivity contribution < 1.29 is 23.9 Å². The quantitative estimate of drug-likeness (QED) is 0.202. The van der Waals surface area contributed by atoms with Crippen molar-refractivity contribution in [1.82, 2.24) is 4.98 Å². The van der Waals surface area contributed by atoms with Gasteiger partial charge in [-0.1, -0.05) is 18.2 Å². The molecule has 0 aliphatic carbocycles. The van der Waals surface area contributed by atoms with Gasteiger partial charge in [0.1, 0.15) is 26.8 Å². The van der Waals surface area contributed by atoms with Crippen LogP contribution in [-0.2, 0) is 9.53 Å². The van der Waals surface area contributed by atoms with E-state index in [9.17, 15) is 14.4 Å². The fourth-order valence-corrected chi connectivity index (χ4v) is 4.75. The summed E-state index contributed by atoms with van der Waals surface area (Å²) in [6.07, 6.45) is 1.57. The van der Waals surface area contributed by atoms with Crippen molar-refractivity contribution in [3.63, 3.8) is 0 Å². The monoisotopic (exact) mass is 487 g/mol. The van der Waals surface area contributed by atoms with Gasteiger partial charge in [0.25, 0.3) is 5.78 Å². The molecule has 2 aromatic heterocycles. The lowest BCUT2D eigenvalue weighted by Crippen LogP contribution is -2.34. The number of ether oxygens (including phenoxy) is 2. The van der Waals surface area contributed by atoms with E-state index in [0.717, 1.165) is 11.3 Å². The molecule has 3 heterocycles. The number of benzene rings is 2. The maximum atomic E-state index is 13.2. The first-order valence-electron chi connectivity index (χ1n) is 10.8. The summed E-state index contributed by atoms with van der Waals surface area (Å²) in [7, 11) is 0. The van der Waals surface area contributed by atoms with Crippen molar-refractivity contribution in [1.29, 1.82) is 0 Å². The summed E-state index contributed by atoms with van der Waals surface area (Å²) in [5.41, 5.74) is 0.618. The average Bonchev–Trinajstić information content (AvgIpc) is 3.18. The Hall–Kier alpha value is -4.24. The molecule has 1 aliphatic rings. The summed E-state index contributed by atoms with van der Waals surface area (Å²) >= 11 is 1.05. The number of nitrogens with zero attached hydrogens (tertiary/aromatic N) is 2. The second-order valence-electron chi connectivity index (χ2n) is 8.82. The zero-order valence-corrected chi connectivity index (χ0v) is 20.0. The van der Waals surface area contributed by atoms with Gasteiger partial charge in [-0.25, -0.2) is 14.6 Å². The Morgan fingerprint density at radius 2 is 1.66 bits per heavy atom. The maximum Gasteiger partial charge on any atom is 0.381 e. The molecule has 35 heavy (non-hydrogen) atoms. The molecule has 5 rings (SSSR count). The van der Waals surface area contributed by atoms with Crippen LogP contribution in [0.3, 0.4) is 0 Å². The van der Waals surface area contributed by atoms with Crippen molar-refractivity contribution in [2.75, 3.05) is 10.2 Å². The van der Waals surface area contributed by atoms with Crippen LogP contribution in [0.2, 0.25) is 0 Å². The molecule has 0 bridgehead atoms. The van der Waals surface area contributed by atoms with Crippen LogP contribution in [0, 0.1) is 0 Å². The molecule has 0 spiro atoms. The second kappa shape index (κ2) is 8.52. The number of urea groups is 1. The molecule has 0 saturated heterocycles. The molecule has 4 aromatic rings. The Morgan fingerprint density at radius 3 is 2.34 bits per heavy atom. The van der Waals surface area contributed by atoms with Crippen molar-refractivity contribution in [3.8, 4) is 11.5 Å². The van der Waals surface area contributed by atoms with Gasteiger partial charge in [0.05, 0.1) is 22.4 Å². The van der Waals surface area contributed by atoms with E-state index in [1.165, 1.54) is 4.90 Å². The summed E-state index contributed by atoms with van der Waals surface area (Å²) < 4.78 is 11.1. The number of Topliss-reactive ketones (excluding diaryl/α,β-unsaturated/α-hetero) is 1. The van der Waals surface area contributed by atoms with Gasteiger partial charge in [-0.3, -0.25) is 9.69 Å². The van der Waals surface area contributed by atoms with Crippen LogP contribution in [0.1, 0.15) is 30.4 Å². The summed E-state index contributed by atoms with van der Waals surface area (Å²) in [4.78, 5) is 45.0. The van der Waals surface area contributed by atoms with Crippen molar-refractivity contribution >= 4 is 56.4 Å². The molecule has 0 fully saturated rings. The number of rotatable bonds is 5. The predicted octanol–water partition coefficient (Wildman–Crippen LogP) is 6.30. The first-order valence-corrected chi connectivity index (χ1v) is 11.7. The predicted molar refractivity (Wildman–Crippen MR) is 134 cm³/mol. The minimum atomic E-state index is -0.979. The van der Waals surface area contributed by atoms with Crippen LogP contribution < -0.4 is 15.0 Å². The number of hydrogen-bond acceptors (Lipinski definition) is 7. The number of carbonyl (C=O) groups excluding carboxylic acids is 3. The third-order valence-corrected chi connectivity index (χ3v) is 6.21. The molecular formula is C26H21N3O5S. The van der Waals surface area contributed by atoms with E-state index < -0.39 is 23.4 Å². The maximum absolute atomic E-state index is 13.2. The van der Waals surface area contributed by atoms with E-state index >= 15 is 0 Å². The summed E-state index contributed by atoms with van der Waals surface area (Å²) in [5.74, 6) is -0.469. The highest BCUT2D eigenvalue weighted by molar-refractivity contribution is 7.22. The lowest BCUT2D eigenvalue weighted by atomic mass is 10.1. The normalized spacial score (nSPS) is 12.9. The van der Waals surface area contributed by atoms with Crippen LogP contribution in [0.15, 0.2) is 66.9 Å². The molecule has 2 amide bonds. The number of para-hydroxylation sites is 1. The number of pyridine rings is 1. The highest BCUT2D eigenvalue weighted by atomic mass is 32.1. The lowest BCUT2D eigenvalue weighted by Gasteiger charge is -2.28. The van der Waals surface area contributed by atoms with E-state index in [0.29, 0.717) is 33.1 Å². The van der Waals surface area contributed by atoms with Crippen molar-refractivity contribution in [2.24, 2.45) is 0 Å². The Morgan fingerprint density at radius 1 is 0.971 bits per heavy atom. The van der Waals surface area contributed by atoms with E-state index in [4.69, 9.17) is 9.47 Å². The van der Waals surface area contributed by atoms with Gasteiger partial charge >= 0.3 is 12.0 Å². The summed E-state index contributed by atoms with van der Waals surface area (Å²) in [5, 5.41) is 3.36. The van der Waals surface area contributed by atoms with Crippen LogP contribution in [0.5, 0.6) is 11.5 Å². The average molecular weight is 488 g/mol. The lowest BCUT2D eigenvalue weighted by molar-refractivity contribution is -0.148. The largest absolute Gasteiger partial charge is 0.457 e. The fraction of sp³-hybridized carbons (Fsp3) is 0.154. The highest BCUT2D eigenvalue weighted by Crippen LogP contribution is 2.46. The highest BCUT2D eigenvalue weighted by Gasteiger charge is 2.35. The minimum absolute atomic E-state index is 0.0915. The Kier molecular flexibility index (Phi) is 5.49. The zero-order valence-electron chi connectivity index (χ0n) is 19.2. The van der Waals surface area contributed by atoms with Crippen LogP contribution >= 0.6 is 11.3 Å². The van der Waals surface area contributed by atoms with Crippen LogP contribution in [0.25, 0.3) is 10.2 Å². The Balaban J connectivity index is 1.50. The standard InChI is InChI=1S/C26H21N3O5S/c1-26(2,3)34-24(31)21(30)22-20-19-18(13-14-27-23(19)35-22)29(25(32)28-20)15-9-11-17(12-10-15)33-16-7-5-4-6-8-16/h4-14H,1-3H3,(H,28,32). The first-order chi connectivity index (χ1) is 16.7. The molecule has 2 aromatic carbocycles. The first kappa shape index (κ1) is 22.5. The van der Waals surface area contributed by atoms with Crippen LogP contribution in [0.4, 0.5) is 21.9 Å². The van der Waals surface area contributed by atoms with E-state index in [-0.39, 0.29) is 10.6 Å². The van der Waals surface area contributed by atoms with Gasteiger partial charge < -0.3 is 14.8 Å². The second-order valence-corrected chi connectivity index (χ2v) is 9.82. The van der Waals surface area contributed by atoms with Crippen LogP contribution in [-0.4, -0.2) is 28.4 Å². The van der Waals surface area contributed by atoms with E-state index in [2.05, 4.69) is 10.3 Å². The number of esters is 1. The van der Waals surface area contributed by atoms with Gasteiger partial charge in [0.15, 0.2) is 0 Å². The number of anilines is 3. The van der Waals surface area contributed by atoms with Gasteiger partial charge in [-0.2, -0.15) is 0 Å². The summed E-state index contributed by atoms with van der Waals surface area (Å²) in [6.45, 7) is 5.05. The molecular weight excluding hydrogens is 466 g/mol. The number of hydrogen-bond donors (Lipinski definition) is 1. The van der Waals surface area contributed by atoms with Crippen molar-refractivity contribution in [3.05, 3.63) is 71.7 Å². The fourth-order valence-electron chi connectivity index (χ4n) is 3.71. The molecule has 176 valence electrons. The Bertz CT molecular complexity index is 1460. The number of nitrogens with one attached hydrogen (secondary N) is 1. The zero-order chi connectivity index (χ0) is 24.7. The molecule has 1 aliphatic heterocycles. The third-order valence-electron chi connectivity index (χ3n) is 5.11. The minimum Gasteiger partial charge on any atom is -0.457 e. The van der Waals surface area contributed by atoms with Gasteiger partial charge in [-0.15, -0.1) is 11.3 Å². The van der Waals surface area contributed by atoms with Gasteiger partial charge in [-0.05, 0) is 63.2 Å².